The van der Waals surface area contributed by atoms with Gasteiger partial charge >= 0.3 is 6.18 Å². The van der Waals surface area contributed by atoms with Gasteiger partial charge in [-0.1, -0.05) is 30.3 Å². The minimum atomic E-state index is -4.38. The average Bonchev–Trinajstić information content (AvgIpc) is 3.12. The van der Waals surface area contributed by atoms with Gasteiger partial charge in [0.2, 0.25) is 0 Å². The second kappa shape index (κ2) is 7.41. The van der Waals surface area contributed by atoms with Crippen molar-refractivity contribution in [3.8, 4) is 5.75 Å². The number of nitrogens with one attached hydrogen (secondary N) is 1. The van der Waals surface area contributed by atoms with Crippen LogP contribution in [0.4, 0.5) is 13.2 Å². The molecule has 1 spiro atoms. The molecule has 2 fully saturated rings. The third-order valence-electron chi connectivity index (χ3n) is 5.94. The second-order valence-corrected chi connectivity index (χ2v) is 7.63. The first-order valence-corrected chi connectivity index (χ1v) is 9.60. The maximum Gasteiger partial charge on any atom is 0.416 e. The molecular weight excluding hydrogens is 367 g/mol. The molecule has 3 atom stereocenters. The fourth-order valence-corrected chi connectivity index (χ4v) is 4.64. The maximum absolute atomic E-state index is 13.2. The SMILES string of the molecule is COc1ccc(C(F)(F)F)cc1[C@H]1CO[C@]2(CCCN[C@H]2c2ccccc2)C1. The molecule has 3 nitrogen and oxygen atoms in total. The Hall–Kier alpha value is -2.05. The number of halogens is 3. The van der Waals surface area contributed by atoms with E-state index < -0.39 is 17.3 Å². The average molecular weight is 391 g/mol. The molecule has 1 N–H and O–H groups in total. The Morgan fingerprint density at radius 1 is 1.14 bits per heavy atom. The highest BCUT2D eigenvalue weighted by atomic mass is 19.4. The van der Waals surface area contributed by atoms with E-state index in [1.54, 1.807) is 0 Å². The molecule has 0 unspecified atom stereocenters. The number of methoxy groups -OCH3 is 1. The first kappa shape index (κ1) is 19.3. The van der Waals surface area contributed by atoms with Crippen LogP contribution in [0.2, 0.25) is 0 Å². The van der Waals surface area contributed by atoms with Crippen LogP contribution in [0.15, 0.2) is 48.5 Å². The zero-order chi connectivity index (χ0) is 19.8. The van der Waals surface area contributed by atoms with Crippen LogP contribution in [0.25, 0.3) is 0 Å². The van der Waals surface area contributed by atoms with Gasteiger partial charge in [0.15, 0.2) is 0 Å². The Labute approximate surface area is 162 Å². The first-order valence-electron chi connectivity index (χ1n) is 9.60. The number of alkyl halides is 3. The topological polar surface area (TPSA) is 30.5 Å². The van der Waals surface area contributed by atoms with Crippen molar-refractivity contribution >= 4 is 0 Å². The van der Waals surface area contributed by atoms with Crippen molar-refractivity contribution in [3.63, 3.8) is 0 Å². The van der Waals surface area contributed by atoms with E-state index in [9.17, 15) is 13.2 Å². The fraction of sp³-hybridized carbons (Fsp3) is 0.455. The molecule has 150 valence electrons. The van der Waals surface area contributed by atoms with Gasteiger partial charge in [-0.15, -0.1) is 0 Å². The minimum absolute atomic E-state index is 0.0317. The molecule has 0 radical (unpaired) electrons. The molecule has 2 aliphatic heterocycles. The van der Waals surface area contributed by atoms with E-state index in [2.05, 4.69) is 17.4 Å². The predicted molar refractivity (Wildman–Crippen MR) is 100 cm³/mol. The lowest BCUT2D eigenvalue weighted by Gasteiger charge is -2.41. The van der Waals surface area contributed by atoms with Gasteiger partial charge < -0.3 is 14.8 Å². The van der Waals surface area contributed by atoms with Crippen LogP contribution in [0.5, 0.6) is 5.75 Å². The molecule has 28 heavy (non-hydrogen) atoms. The molecule has 0 amide bonds. The van der Waals surface area contributed by atoms with Gasteiger partial charge in [0.25, 0.3) is 0 Å². The number of hydrogen-bond acceptors (Lipinski definition) is 3. The summed E-state index contributed by atoms with van der Waals surface area (Å²) >= 11 is 0. The van der Waals surface area contributed by atoms with Gasteiger partial charge in [-0.05, 0) is 49.6 Å². The van der Waals surface area contributed by atoms with E-state index >= 15 is 0 Å². The van der Waals surface area contributed by atoms with Crippen molar-refractivity contribution in [2.75, 3.05) is 20.3 Å². The minimum Gasteiger partial charge on any atom is -0.496 e. The molecule has 2 saturated heterocycles. The first-order chi connectivity index (χ1) is 13.4. The van der Waals surface area contributed by atoms with Crippen molar-refractivity contribution in [2.24, 2.45) is 0 Å². The van der Waals surface area contributed by atoms with Crippen LogP contribution < -0.4 is 10.1 Å². The monoisotopic (exact) mass is 391 g/mol. The lowest BCUT2D eigenvalue weighted by atomic mass is 9.76. The summed E-state index contributed by atoms with van der Waals surface area (Å²) in [7, 11) is 1.49. The predicted octanol–water partition coefficient (Wildman–Crippen LogP) is 5.08. The summed E-state index contributed by atoms with van der Waals surface area (Å²) in [5.41, 5.74) is 0.667. The van der Waals surface area contributed by atoms with Crippen LogP contribution in [-0.4, -0.2) is 25.9 Å². The summed E-state index contributed by atoms with van der Waals surface area (Å²) in [6.07, 6.45) is -1.85. The van der Waals surface area contributed by atoms with E-state index in [-0.39, 0.29) is 12.0 Å². The summed E-state index contributed by atoms with van der Waals surface area (Å²) in [5, 5.41) is 3.57. The molecule has 2 aromatic rings. The summed E-state index contributed by atoms with van der Waals surface area (Å²) in [5.74, 6) is 0.349. The molecular formula is C22H24F3NO2. The Morgan fingerprint density at radius 3 is 2.64 bits per heavy atom. The Morgan fingerprint density at radius 2 is 1.93 bits per heavy atom. The molecule has 2 aromatic carbocycles. The van der Waals surface area contributed by atoms with Crippen LogP contribution >= 0.6 is 0 Å². The molecule has 0 bridgehead atoms. The van der Waals surface area contributed by atoms with Gasteiger partial charge in [0.05, 0.1) is 30.9 Å². The Bertz CT molecular complexity index is 824. The van der Waals surface area contributed by atoms with E-state index in [0.717, 1.165) is 31.0 Å². The maximum atomic E-state index is 13.2. The lowest BCUT2D eigenvalue weighted by Crippen LogP contribution is -2.48. The van der Waals surface area contributed by atoms with Crippen LogP contribution in [0.3, 0.4) is 0 Å². The molecule has 2 aliphatic rings. The normalized spacial score (nSPS) is 27.9. The van der Waals surface area contributed by atoms with E-state index in [1.165, 1.54) is 19.2 Å². The van der Waals surface area contributed by atoms with Gasteiger partial charge in [-0.2, -0.15) is 13.2 Å². The highest BCUT2D eigenvalue weighted by Gasteiger charge is 2.49. The van der Waals surface area contributed by atoms with Crippen LogP contribution in [0, 0.1) is 0 Å². The Kier molecular flexibility index (Phi) is 5.10. The largest absolute Gasteiger partial charge is 0.496 e. The summed E-state index contributed by atoms with van der Waals surface area (Å²) < 4.78 is 51.4. The van der Waals surface area contributed by atoms with Gasteiger partial charge in [0, 0.05) is 11.5 Å². The molecule has 0 aliphatic carbocycles. The lowest BCUT2D eigenvalue weighted by molar-refractivity contribution is -0.137. The number of ether oxygens (including phenoxy) is 2. The number of benzene rings is 2. The standard InChI is InChI=1S/C22H24F3NO2/c1-27-19-9-8-17(22(23,24)25)12-18(19)16-13-21(28-14-16)10-5-11-26-20(21)15-6-3-2-4-7-15/h2-4,6-9,12,16,20,26H,5,10-11,13-14H2,1H3/t16-,20+,21-/m1/s1. The Balaban J connectivity index is 1.66. The molecule has 0 saturated carbocycles. The molecule has 0 aromatic heterocycles. The van der Waals surface area contributed by atoms with E-state index in [1.807, 2.05) is 18.2 Å². The van der Waals surface area contributed by atoms with Crippen molar-refractivity contribution in [2.45, 2.75) is 43.0 Å². The summed E-state index contributed by atoms with van der Waals surface area (Å²) in [4.78, 5) is 0. The summed E-state index contributed by atoms with van der Waals surface area (Å²) in [6.45, 7) is 1.30. The second-order valence-electron chi connectivity index (χ2n) is 7.63. The number of hydrogen-bond donors (Lipinski definition) is 1. The number of rotatable bonds is 3. The van der Waals surface area contributed by atoms with Gasteiger partial charge in [0.1, 0.15) is 5.75 Å². The fourth-order valence-electron chi connectivity index (χ4n) is 4.64. The van der Waals surface area contributed by atoms with E-state index in [0.29, 0.717) is 24.3 Å². The van der Waals surface area contributed by atoms with E-state index in [4.69, 9.17) is 9.47 Å². The van der Waals surface area contributed by atoms with Gasteiger partial charge in [-0.3, -0.25) is 0 Å². The van der Waals surface area contributed by atoms with Crippen molar-refractivity contribution in [3.05, 3.63) is 65.2 Å². The summed E-state index contributed by atoms with van der Waals surface area (Å²) in [6, 6.07) is 13.9. The van der Waals surface area contributed by atoms with Crippen molar-refractivity contribution < 1.29 is 22.6 Å². The smallest absolute Gasteiger partial charge is 0.416 e. The highest BCUT2D eigenvalue weighted by Crippen LogP contribution is 2.50. The van der Waals surface area contributed by atoms with Gasteiger partial charge in [-0.25, -0.2) is 0 Å². The molecule has 4 rings (SSSR count). The molecule has 2 heterocycles. The zero-order valence-corrected chi connectivity index (χ0v) is 15.8. The highest BCUT2D eigenvalue weighted by molar-refractivity contribution is 5.42. The zero-order valence-electron chi connectivity index (χ0n) is 15.8. The molecule has 6 heteroatoms. The van der Waals surface area contributed by atoms with Crippen molar-refractivity contribution in [1.29, 1.82) is 0 Å². The quantitative estimate of drug-likeness (QED) is 0.791. The number of piperidine rings is 1. The van der Waals surface area contributed by atoms with Crippen LogP contribution in [-0.2, 0) is 10.9 Å². The third kappa shape index (κ3) is 3.51. The van der Waals surface area contributed by atoms with Crippen molar-refractivity contribution in [1.82, 2.24) is 5.32 Å². The third-order valence-corrected chi connectivity index (χ3v) is 5.94. The van der Waals surface area contributed by atoms with Crippen LogP contribution in [0.1, 0.15) is 47.9 Å².